The minimum atomic E-state index is -3.58. The summed E-state index contributed by atoms with van der Waals surface area (Å²) in [5.41, 5.74) is 1.82. The van der Waals surface area contributed by atoms with Crippen molar-refractivity contribution in [3.63, 3.8) is 0 Å². The Morgan fingerprint density at radius 1 is 1.00 bits per heavy atom. The summed E-state index contributed by atoms with van der Waals surface area (Å²) in [6, 6.07) is 18.4. The van der Waals surface area contributed by atoms with E-state index in [-0.39, 0.29) is 6.04 Å². The van der Waals surface area contributed by atoms with Crippen molar-refractivity contribution in [2.75, 3.05) is 6.54 Å². The summed E-state index contributed by atoms with van der Waals surface area (Å²) >= 11 is 0. The van der Waals surface area contributed by atoms with Crippen LogP contribution in [0.3, 0.4) is 0 Å². The summed E-state index contributed by atoms with van der Waals surface area (Å²) in [7, 11) is -3.58. The first-order valence-electron chi connectivity index (χ1n) is 8.78. The number of aromatic nitrogens is 2. The van der Waals surface area contributed by atoms with E-state index in [1.807, 2.05) is 36.5 Å². The molecule has 0 unspecified atom stereocenters. The second-order valence-corrected chi connectivity index (χ2v) is 8.31. The molecule has 5 nitrogen and oxygen atoms in total. The van der Waals surface area contributed by atoms with Crippen molar-refractivity contribution in [2.24, 2.45) is 0 Å². The van der Waals surface area contributed by atoms with E-state index in [1.165, 1.54) is 3.97 Å². The van der Waals surface area contributed by atoms with Gasteiger partial charge >= 0.3 is 0 Å². The van der Waals surface area contributed by atoms with Crippen molar-refractivity contribution in [3.05, 3.63) is 84.4 Å². The van der Waals surface area contributed by atoms with E-state index < -0.39 is 10.0 Å². The van der Waals surface area contributed by atoms with Crippen LogP contribution in [0, 0.1) is 0 Å². The first-order valence-corrected chi connectivity index (χ1v) is 10.2. The maximum absolute atomic E-state index is 13.0. The summed E-state index contributed by atoms with van der Waals surface area (Å²) in [5.74, 6) is 0. The molecular formula is C20H21N3O2S. The highest BCUT2D eigenvalue weighted by molar-refractivity contribution is 7.90. The molecular weight excluding hydrogens is 346 g/mol. The zero-order valence-corrected chi connectivity index (χ0v) is 15.2. The van der Waals surface area contributed by atoms with Crippen LogP contribution in [0.1, 0.15) is 30.3 Å². The maximum atomic E-state index is 13.0. The first-order chi connectivity index (χ1) is 12.7. The van der Waals surface area contributed by atoms with Gasteiger partial charge in [-0.25, -0.2) is 12.4 Å². The Hall–Kier alpha value is -2.44. The Morgan fingerprint density at radius 2 is 1.81 bits per heavy atom. The van der Waals surface area contributed by atoms with E-state index in [4.69, 9.17) is 0 Å². The monoisotopic (exact) mass is 367 g/mol. The van der Waals surface area contributed by atoms with Crippen LogP contribution in [0.25, 0.3) is 0 Å². The van der Waals surface area contributed by atoms with Gasteiger partial charge in [0.05, 0.1) is 16.6 Å². The number of hydrogen-bond donors (Lipinski definition) is 0. The number of pyridine rings is 1. The molecule has 1 aromatic carbocycles. The molecule has 6 heteroatoms. The molecule has 1 saturated heterocycles. The van der Waals surface area contributed by atoms with Crippen molar-refractivity contribution in [2.45, 2.75) is 30.3 Å². The lowest BCUT2D eigenvalue weighted by atomic mass is 10.1. The fourth-order valence-electron chi connectivity index (χ4n) is 3.60. The lowest BCUT2D eigenvalue weighted by Gasteiger charge is -2.24. The van der Waals surface area contributed by atoms with Crippen molar-refractivity contribution in [1.82, 2.24) is 13.9 Å². The van der Waals surface area contributed by atoms with Gasteiger partial charge < -0.3 is 0 Å². The minimum Gasteiger partial charge on any atom is -0.289 e. The van der Waals surface area contributed by atoms with Crippen LogP contribution in [0.2, 0.25) is 0 Å². The summed E-state index contributed by atoms with van der Waals surface area (Å²) < 4.78 is 27.3. The third-order valence-corrected chi connectivity index (χ3v) is 6.59. The normalized spacial score (nSPS) is 18.2. The van der Waals surface area contributed by atoms with Crippen molar-refractivity contribution in [3.8, 4) is 0 Å². The van der Waals surface area contributed by atoms with E-state index >= 15 is 0 Å². The quantitative estimate of drug-likeness (QED) is 0.693. The van der Waals surface area contributed by atoms with Gasteiger partial charge in [0.15, 0.2) is 0 Å². The average molecular weight is 367 g/mol. The highest BCUT2D eigenvalue weighted by Gasteiger charge is 2.28. The zero-order valence-electron chi connectivity index (χ0n) is 14.4. The molecule has 134 valence electrons. The highest BCUT2D eigenvalue weighted by Crippen LogP contribution is 2.32. The smallest absolute Gasteiger partial charge is 0.267 e. The van der Waals surface area contributed by atoms with E-state index in [0.717, 1.165) is 30.8 Å². The average Bonchev–Trinajstić information content (AvgIpc) is 3.33. The Balaban J connectivity index is 1.62. The second-order valence-electron chi connectivity index (χ2n) is 6.50. The van der Waals surface area contributed by atoms with Crippen LogP contribution >= 0.6 is 0 Å². The molecule has 0 aliphatic carbocycles. The predicted octanol–water partition coefficient (Wildman–Crippen LogP) is 3.46. The summed E-state index contributed by atoms with van der Waals surface area (Å²) in [6.07, 6.45) is 5.58. The Kier molecular flexibility index (Phi) is 4.61. The van der Waals surface area contributed by atoms with Crippen molar-refractivity contribution >= 4 is 10.0 Å². The molecule has 0 spiro atoms. The standard InChI is InChI=1S/C20H21N3O2S/c24-26(25,18-9-2-1-3-10-18)23-15-6-8-17(23)16-22-14-7-12-20(22)19-11-4-5-13-21-19/h1-6,8-11,13,15,20H,7,12,14,16H2/t20-/m0/s1. The van der Waals surface area contributed by atoms with Gasteiger partial charge in [-0.3, -0.25) is 9.88 Å². The van der Waals surface area contributed by atoms with Gasteiger partial charge in [0.25, 0.3) is 10.0 Å². The molecule has 0 amide bonds. The number of nitrogens with zero attached hydrogens (tertiary/aromatic N) is 3. The molecule has 1 aliphatic heterocycles. The predicted molar refractivity (Wildman–Crippen MR) is 100 cm³/mol. The topological polar surface area (TPSA) is 55.2 Å². The molecule has 1 aliphatic rings. The fraction of sp³-hybridized carbons (Fsp3) is 0.250. The van der Waals surface area contributed by atoms with Gasteiger partial charge in [-0.05, 0) is 55.8 Å². The molecule has 3 aromatic rings. The minimum absolute atomic E-state index is 0.235. The molecule has 0 bridgehead atoms. The van der Waals surface area contributed by atoms with Crippen molar-refractivity contribution < 1.29 is 8.42 Å². The summed E-state index contributed by atoms with van der Waals surface area (Å²) in [6.45, 7) is 1.53. The number of hydrogen-bond acceptors (Lipinski definition) is 4. The molecule has 1 fully saturated rings. The van der Waals surface area contributed by atoms with Gasteiger partial charge in [0.1, 0.15) is 0 Å². The molecule has 3 heterocycles. The molecule has 2 aromatic heterocycles. The SMILES string of the molecule is O=S(=O)(c1ccccc1)n1cccc1CN1CCC[C@H]1c1ccccn1. The fourth-order valence-corrected chi connectivity index (χ4v) is 4.98. The van der Waals surface area contributed by atoms with E-state index in [1.54, 1.807) is 36.5 Å². The van der Waals surface area contributed by atoms with Crippen molar-refractivity contribution in [1.29, 1.82) is 0 Å². The van der Waals surface area contributed by atoms with Crippen LogP contribution < -0.4 is 0 Å². The van der Waals surface area contributed by atoms with Gasteiger partial charge in [-0.15, -0.1) is 0 Å². The maximum Gasteiger partial charge on any atom is 0.267 e. The number of rotatable bonds is 5. The lowest BCUT2D eigenvalue weighted by Crippen LogP contribution is -2.26. The first kappa shape index (κ1) is 17.0. The van der Waals surface area contributed by atoms with Gasteiger partial charge in [-0.1, -0.05) is 24.3 Å². The largest absolute Gasteiger partial charge is 0.289 e. The molecule has 0 radical (unpaired) electrons. The van der Waals surface area contributed by atoms with Crippen LogP contribution in [-0.4, -0.2) is 28.8 Å². The van der Waals surface area contributed by atoms with Crippen LogP contribution in [-0.2, 0) is 16.6 Å². The third kappa shape index (κ3) is 3.18. The Morgan fingerprint density at radius 3 is 2.58 bits per heavy atom. The van der Waals surface area contributed by atoms with E-state index in [9.17, 15) is 8.42 Å². The number of likely N-dealkylation sites (tertiary alicyclic amines) is 1. The van der Waals surface area contributed by atoms with Gasteiger partial charge in [0, 0.05) is 24.6 Å². The van der Waals surface area contributed by atoms with Crippen LogP contribution in [0.5, 0.6) is 0 Å². The third-order valence-electron chi connectivity index (χ3n) is 4.85. The summed E-state index contributed by atoms with van der Waals surface area (Å²) in [4.78, 5) is 7.11. The van der Waals surface area contributed by atoms with Gasteiger partial charge in [0.2, 0.25) is 0 Å². The Labute approximate surface area is 154 Å². The van der Waals surface area contributed by atoms with Gasteiger partial charge in [-0.2, -0.15) is 0 Å². The number of benzene rings is 1. The molecule has 4 rings (SSSR count). The Bertz CT molecular complexity index is 969. The van der Waals surface area contributed by atoms with Crippen LogP contribution in [0.4, 0.5) is 0 Å². The second kappa shape index (κ2) is 7.05. The highest BCUT2D eigenvalue weighted by atomic mass is 32.2. The zero-order chi connectivity index (χ0) is 18.0. The van der Waals surface area contributed by atoms with E-state index in [2.05, 4.69) is 9.88 Å². The van der Waals surface area contributed by atoms with Crippen LogP contribution in [0.15, 0.2) is 78.0 Å². The molecule has 0 saturated carbocycles. The van der Waals surface area contributed by atoms with E-state index in [0.29, 0.717) is 11.4 Å². The molecule has 0 N–H and O–H groups in total. The summed E-state index contributed by atoms with van der Waals surface area (Å²) in [5, 5.41) is 0. The molecule has 26 heavy (non-hydrogen) atoms. The molecule has 1 atom stereocenters. The lowest BCUT2D eigenvalue weighted by molar-refractivity contribution is 0.241.